The summed E-state index contributed by atoms with van der Waals surface area (Å²) in [5, 5.41) is 3.65. The third-order valence-electron chi connectivity index (χ3n) is 1.95. The summed E-state index contributed by atoms with van der Waals surface area (Å²) in [5.41, 5.74) is 1.39. The molecule has 0 aliphatic heterocycles. The second-order valence-corrected chi connectivity index (χ2v) is 2.96. The van der Waals surface area contributed by atoms with Crippen LogP contribution in [0.5, 0.6) is 0 Å². The molecule has 1 aromatic carbocycles. The Morgan fingerprint density at radius 3 is 2.86 bits per heavy atom. The molecule has 0 saturated heterocycles. The third-order valence-corrected chi connectivity index (χ3v) is 1.95. The molecule has 0 atom stereocenters. The van der Waals surface area contributed by atoms with Crippen LogP contribution in [0.2, 0.25) is 0 Å². The summed E-state index contributed by atoms with van der Waals surface area (Å²) in [4.78, 5) is 11.0. The molecule has 14 heavy (non-hydrogen) atoms. The lowest BCUT2D eigenvalue weighted by Gasteiger charge is -1.98. The van der Waals surface area contributed by atoms with Crippen molar-refractivity contribution in [1.82, 2.24) is 9.72 Å². The first kappa shape index (κ1) is 8.74. The van der Waals surface area contributed by atoms with Crippen molar-refractivity contribution in [3.63, 3.8) is 0 Å². The molecule has 0 aliphatic carbocycles. The molecular formula is C10H8N2O2. The second-order valence-electron chi connectivity index (χ2n) is 2.96. The van der Waals surface area contributed by atoms with Crippen molar-refractivity contribution >= 4 is 0 Å². The van der Waals surface area contributed by atoms with E-state index in [-0.39, 0.29) is 0 Å². The highest BCUT2D eigenvalue weighted by atomic mass is 16.5. The molecule has 0 aliphatic rings. The standard InChI is InChI=1S/C10H8N2O2/c1-7-4-3-5-8(6-7)9-11-14-10(13)12(9)2/h1,3-6H,2H3. The molecule has 4 nitrogen and oxygen atoms in total. The van der Waals surface area contributed by atoms with E-state index in [9.17, 15) is 4.79 Å². The van der Waals surface area contributed by atoms with E-state index in [0.29, 0.717) is 11.4 Å². The van der Waals surface area contributed by atoms with Crippen molar-refractivity contribution in [2.45, 2.75) is 0 Å². The van der Waals surface area contributed by atoms with Crippen LogP contribution in [0.3, 0.4) is 0 Å². The number of hydrogen-bond donors (Lipinski definition) is 0. The minimum Gasteiger partial charge on any atom is -0.295 e. The molecule has 2 aromatic rings. The van der Waals surface area contributed by atoms with Gasteiger partial charge in [0.25, 0.3) is 0 Å². The summed E-state index contributed by atoms with van der Waals surface area (Å²) in [6, 6.07) is 7.11. The number of hydrogen-bond acceptors (Lipinski definition) is 3. The zero-order valence-electron chi connectivity index (χ0n) is 7.60. The van der Waals surface area contributed by atoms with Crippen molar-refractivity contribution in [1.29, 1.82) is 0 Å². The van der Waals surface area contributed by atoms with E-state index in [2.05, 4.69) is 9.68 Å². The summed E-state index contributed by atoms with van der Waals surface area (Å²) >= 11 is 0. The molecule has 0 bridgehead atoms. The first-order valence-electron chi connectivity index (χ1n) is 4.07. The Morgan fingerprint density at radius 2 is 2.29 bits per heavy atom. The average molecular weight is 188 g/mol. The number of aromatic nitrogens is 2. The quantitative estimate of drug-likeness (QED) is 0.673. The third kappa shape index (κ3) is 1.35. The van der Waals surface area contributed by atoms with Crippen molar-refractivity contribution in [2.24, 2.45) is 7.05 Å². The molecule has 1 aromatic heterocycles. The van der Waals surface area contributed by atoms with Crippen molar-refractivity contribution < 1.29 is 4.52 Å². The minimum absolute atomic E-state index is 0.474. The van der Waals surface area contributed by atoms with Crippen LogP contribution in [0.4, 0.5) is 0 Å². The SMILES string of the molecule is [CH]c1cccc(-c2noc(=O)n2C)c1. The fourth-order valence-electron chi connectivity index (χ4n) is 1.22. The molecule has 0 spiro atoms. The Morgan fingerprint density at radius 1 is 1.50 bits per heavy atom. The Hall–Kier alpha value is -1.84. The van der Waals surface area contributed by atoms with Gasteiger partial charge in [-0.1, -0.05) is 23.4 Å². The van der Waals surface area contributed by atoms with E-state index in [1.54, 1.807) is 25.2 Å². The van der Waals surface area contributed by atoms with Crippen molar-refractivity contribution in [2.75, 3.05) is 0 Å². The van der Waals surface area contributed by atoms with Gasteiger partial charge in [0.2, 0.25) is 0 Å². The van der Waals surface area contributed by atoms with Crippen LogP contribution in [0, 0.1) is 6.92 Å². The molecule has 0 unspecified atom stereocenters. The Bertz CT molecular complexity index is 511. The van der Waals surface area contributed by atoms with Crippen LogP contribution in [0.15, 0.2) is 33.6 Å². The minimum atomic E-state index is -0.484. The summed E-state index contributed by atoms with van der Waals surface area (Å²) in [6.07, 6.45) is 0. The largest absolute Gasteiger partial charge is 0.441 e. The molecule has 0 N–H and O–H groups in total. The van der Waals surface area contributed by atoms with Crippen LogP contribution >= 0.6 is 0 Å². The van der Waals surface area contributed by atoms with Gasteiger partial charge in [-0.05, 0) is 18.6 Å². The summed E-state index contributed by atoms with van der Waals surface area (Å²) in [7, 11) is 1.59. The molecule has 2 radical (unpaired) electrons. The normalized spacial score (nSPS) is 10.4. The first-order valence-corrected chi connectivity index (χ1v) is 4.07. The molecule has 1 heterocycles. The van der Waals surface area contributed by atoms with Gasteiger partial charge in [0, 0.05) is 12.6 Å². The zero-order chi connectivity index (χ0) is 10.1. The van der Waals surface area contributed by atoms with Crippen LogP contribution in [0.1, 0.15) is 5.56 Å². The fourth-order valence-corrected chi connectivity index (χ4v) is 1.22. The molecule has 4 heteroatoms. The lowest BCUT2D eigenvalue weighted by Crippen LogP contribution is -2.10. The van der Waals surface area contributed by atoms with Gasteiger partial charge in [-0.25, -0.2) is 4.79 Å². The monoisotopic (exact) mass is 188 g/mol. The maximum absolute atomic E-state index is 11.0. The van der Waals surface area contributed by atoms with E-state index in [1.807, 2.05) is 6.07 Å². The van der Waals surface area contributed by atoms with Gasteiger partial charge in [0.1, 0.15) is 0 Å². The van der Waals surface area contributed by atoms with E-state index >= 15 is 0 Å². The topological polar surface area (TPSA) is 48.0 Å². The second kappa shape index (κ2) is 3.14. The summed E-state index contributed by atoms with van der Waals surface area (Å²) < 4.78 is 5.83. The molecule has 0 fully saturated rings. The van der Waals surface area contributed by atoms with Crippen molar-refractivity contribution in [3.05, 3.63) is 47.3 Å². The predicted molar refractivity (Wildman–Crippen MR) is 50.6 cm³/mol. The molecular weight excluding hydrogens is 180 g/mol. The Labute approximate surface area is 80.8 Å². The van der Waals surface area contributed by atoms with Gasteiger partial charge in [0.15, 0.2) is 5.82 Å². The lowest BCUT2D eigenvalue weighted by molar-refractivity contribution is 0.380. The smallest absolute Gasteiger partial charge is 0.295 e. The molecule has 0 amide bonds. The summed E-state index contributed by atoms with van der Waals surface area (Å²) in [5.74, 6) is -0.00951. The average Bonchev–Trinajstić information content (AvgIpc) is 2.48. The van der Waals surface area contributed by atoms with Crippen molar-refractivity contribution in [3.8, 4) is 11.4 Å². The molecule has 0 saturated carbocycles. The highest BCUT2D eigenvalue weighted by Gasteiger charge is 2.08. The van der Waals surface area contributed by atoms with E-state index in [4.69, 9.17) is 6.92 Å². The fraction of sp³-hybridized carbons (Fsp3) is 0.100. The Kier molecular flexibility index (Phi) is 1.96. The highest BCUT2D eigenvalue weighted by molar-refractivity contribution is 5.56. The van der Waals surface area contributed by atoms with Gasteiger partial charge in [-0.2, -0.15) is 0 Å². The van der Waals surface area contributed by atoms with Gasteiger partial charge in [-0.15, -0.1) is 0 Å². The number of benzene rings is 1. The van der Waals surface area contributed by atoms with Gasteiger partial charge < -0.3 is 0 Å². The maximum Gasteiger partial charge on any atom is 0.441 e. The van der Waals surface area contributed by atoms with E-state index < -0.39 is 5.76 Å². The number of rotatable bonds is 1. The van der Waals surface area contributed by atoms with Gasteiger partial charge in [0.05, 0.1) is 0 Å². The van der Waals surface area contributed by atoms with Crippen LogP contribution in [0.25, 0.3) is 11.4 Å². The molecule has 70 valence electrons. The number of nitrogens with zero attached hydrogens (tertiary/aromatic N) is 2. The Balaban J connectivity index is 2.60. The van der Waals surface area contributed by atoms with E-state index in [1.165, 1.54) is 4.57 Å². The highest BCUT2D eigenvalue weighted by Crippen LogP contribution is 2.15. The van der Waals surface area contributed by atoms with E-state index in [0.717, 1.165) is 5.56 Å². The first-order chi connectivity index (χ1) is 6.68. The predicted octanol–water partition coefficient (Wildman–Crippen LogP) is 1.10. The maximum atomic E-state index is 11.0. The van der Waals surface area contributed by atoms with Crippen LogP contribution in [-0.2, 0) is 7.05 Å². The van der Waals surface area contributed by atoms with Crippen LogP contribution < -0.4 is 5.76 Å². The molecule has 2 rings (SSSR count). The summed E-state index contributed by atoms with van der Waals surface area (Å²) in [6.45, 7) is 5.61. The lowest BCUT2D eigenvalue weighted by atomic mass is 10.1. The van der Waals surface area contributed by atoms with Gasteiger partial charge in [-0.3, -0.25) is 9.09 Å². The zero-order valence-corrected chi connectivity index (χ0v) is 7.60. The van der Waals surface area contributed by atoms with Crippen LogP contribution in [-0.4, -0.2) is 9.72 Å². The van der Waals surface area contributed by atoms with Gasteiger partial charge >= 0.3 is 5.76 Å².